The fourth-order valence-electron chi connectivity index (χ4n) is 4.81. The van der Waals surface area contributed by atoms with Crippen molar-refractivity contribution >= 4 is 40.8 Å². The first kappa shape index (κ1) is 29.9. The molecule has 4 aromatic rings. The molecular formula is C33H32N4O7. The summed E-state index contributed by atoms with van der Waals surface area (Å²) in [5.74, 6) is -0.134. The predicted octanol–water partition coefficient (Wildman–Crippen LogP) is 4.95. The van der Waals surface area contributed by atoms with Gasteiger partial charge >= 0.3 is 12.1 Å². The van der Waals surface area contributed by atoms with Gasteiger partial charge in [0, 0.05) is 17.4 Å². The van der Waals surface area contributed by atoms with Crippen LogP contribution in [-0.2, 0) is 25.7 Å². The Morgan fingerprint density at radius 3 is 2.45 bits per heavy atom. The number of ether oxygens (including phenoxy) is 3. The molecule has 1 aliphatic heterocycles. The van der Waals surface area contributed by atoms with Crippen molar-refractivity contribution in [3.63, 3.8) is 0 Å². The van der Waals surface area contributed by atoms with Crippen molar-refractivity contribution in [2.24, 2.45) is 0 Å². The number of carbonyl (C=O) groups excluding carboxylic acids is 3. The second-order valence-electron chi connectivity index (χ2n) is 10.0. The van der Waals surface area contributed by atoms with Gasteiger partial charge in [0.2, 0.25) is 5.91 Å². The third-order valence-corrected chi connectivity index (χ3v) is 6.97. The molecule has 1 N–H and O–H groups in total. The van der Waals surface area contributed by atoms with Crippen LogP contribution >= 0.6 is 0 Å². The topological polar surface area (TPSA) is 124 Å². The van der Waals surface area contributed by atoms with E-state index in [1.54, 1.807) is 30.3 Å². The zero-order chi connectivity index (χ0) is 30.9. The first-order chi connectivity index (χ1) is 21.4. The van der Waals surface area contributed by atoms with Gasteiger partial charge in [-0.2, -0.15) is 9.69 Å². The Balaban J connectivity index is 1.29. The number of fused-ring (bicyclic) bond motifs is 1. The zero-order valence-corrected chi connectivity index (χ0v) is 24.1. The molecule has 0 saturated carbocycles. The van der Waals surface area contributed by atoms with Crippen molar-refractivity contribution in [3.05, 3.63) is 114 Å². The van der Waals surface area contributed by atoms with Gasteiger partial charge in [0.25, 0.3) is 5.82 Å². The number of benzene rings is 3. The molecule has 2 amide bonds. The van der Waals surface area contributed by atoms with Gasteiger partial charge in [0.15, 0.2) is 0 Å². The summed E-state index contributed by atoms with van der Waals surface area (Å²) in [5, 5.41) is 15.4. The Bertz CT molecular complexity index is 1600. The van der Waals surface area contributed by atoms with Crippen LogP contribution in [0.4, 0.5) is 27.7 Å². The molecule has 1 atom stereocenters. The number of hydrogen-bond donors (Lipinski definition) is 1. The number of nitrogens with one attached hydrogen (secondary N) is 1. The first-order valence-electron chi connectivity index (χ1n) is 14.1. The number of methoxy groups -OCH3 is 1. The van der Waals surface area contributed by atoms with Crippen molar-refractivity contribution < 1.29 is 33.3 Å². The number of aromatic nitrogens is 1. The summed E-state index contributed by atoms with van der Waals surface area (Å²) < 4.78 is 16.9. The summed E-state index contributed by atoms with van der Waals surface area (Å²) >= 11 is 0. The Labute approximate surface area is 254 Å². The van der Waals surface area contributed by atoms with Gasteiger partial charge in [0.05, 0.1) is 38.4 Å². The van der Waals surface area contributed by atoms with Crippen LogP contribution in [0.15, 0.2) is 103 Å². The van der Waals surface area contributed by atoms with Crippen molar-refractivity contribution in [3.8, 4) is 5.75 Å². The molecule has 0 saturated heterocycles. The first-order valence-corrected chi connectivity index (χ1v) is 14.1. The molecular weight excluding hydrogens is 564 g/mol. The summed E-state index contributed by atoms with van der Waals surface area (Å²) in [5.41, 5.74) is 2.92. The molecule has 5 rings (SSSR count). The second-order valence-corrected chi connectivity index (χ2v) is 10.0. The van der Waals surface area contributed by atoms with E-state index < -0.39 is 12.2 Å². The van der Waals surface area contributed by atoms with E-state index in [0.717, 1.165) is 21.8 Å². The molecule has 44 heavy (non-hydrogen) atoms. The quantitative estimate of drug-likeness (QED) is 0.155. The van der Waals surface area contributed by atoms with Crippen LogP contribution in [0.3, 0.4) is 0 Å². The molecule has 11 heteroatoms. The van der Waals surface area contributed by atoms with E-state index in [4.69, 9.17) is 14.2 Å². The molecule has 1 aromatic heterocycles. The van der Waals surface area contributed by atoms with Crippen LogP contribution in [0.5, 0.6) is 5.75 Å². The Kier molecular flexibility index (Phi) is 9.55. The minimum atomic E-state index is -0.747. The van der Waals surface area contributed by atoms with E-state index in [1.165, 1.54) is 19.4 Å². The molecule has 226 valence electrons. The summed E-state index contributed by atoms with van der Waals surface area (Å²) in [6, 6.07) is 28.7. The maximum absolute atomic E-state index is 13.1. The van der Waals surface area contributed by atoms with Gasteiger partial charge in [-0.25, -0.2) is 4.73 Å². The fraction of sp³-hybridized carbons (Fsp3) is 0.212. The largest absolute Gasteiger partial charge is 0.711 e. The molecule has 11 nitrogen and oxygen atoms in total. The lowest BCUT2D eigenvalue weighted by Crippen LogP contribution is -2.43. The molecule has 2 heterocycles. The predicted molar refractivity (Wildman–Crippen MR) is 164 cm³/mol. The third-order valence-electron chi connectivity index (χ3n) is 6.97. The van der Waals surface area contributed by atoms with Crippen molar-refractivity contribution in [2.75, 3.05) is 35.3 Å². The third kappa shape index (κ3) is 7.43. The number of carbonyl (C=O) groups is 3. The molecule has 0 fully saturated rings. The van der Waals surface area contributed by atoms with E-state index in [9.17, 15) is 19.6 Å². The summed E-state index contributed by atoms with van der Waals surface area (Å²) in [7, 11) is 1.34. The number of anilines is 4. The van der Waals surface area contributed by atoms with E-state index in [2.05, 4.69) is 5.32 Å². The minimum absolute atomic E-state index is 0.0175. The van der Waals surface area contributed by atoms with Crippen molar-refractivity contribution in [1.29, 1.82) is 0 Å². The number of rotatable bonds is 10. The van der Waals surface area contributed by atoms with Crippen LogP contribution in [0.25, 0.3) is 0 Å². The van der Waals surface area contributed by atoms with Gasteiger partial charge in [0.1, 0.15) is 25.0 Å². The number of pyridine rings is 1. The molecule has 0 spiro atoms. The Morgan fingerprint density at radius 1 is 1.00 bits per heavy atom. The summed E-state index contributed by atoms with van der Waals surface area (Å²) in [4.78, 5) is 41.3. The Hall–Kier alpha value is -5.58. The minimum Gasteiger partial charge on any atom is -0.711 e. The molecule has 0 aliphatic carbocycles. The zero-order valence-electron chi connectivity index (χ0n) is 24.1. The van der Waals surface area contributed by atoms with Gasteiger partial charge in [-0.15, -0.1) is 0 Å². The average molecular weight is 597 g/mol. The van der Waals surface area contributed by atoms with Crippen LogP contribution < -0.4 is 24.6 Å². The second kappa shape index (κ2) is 14.1. The molecule has 1 aliphatic rings. The maximum Gasteiger partial charge on any atom is 0.507 e. The van der Waals surface area contributed by atoms with Gasteiger partial charge in [-0.1, -0.05) is 54.6 Å². The standard InChI is InChI=1S/C33H32N4O7/c1-42-32(39)21-27-22-36(26-12-6-3-7-13-26)28-20-25(15-16-29(28)44-27)34-30(38)17-19-35(31-14-8-9-18-37(31)41)33(40)43-23-24-10-4-2-5-11-24/h2-16,18,20,27H,17,19,21-23H2,1H3,(H,34,38). The van der Waals surface area contributed by atoms with E-state index in [0.29, 0.717) is 22.7 Å². The number of para-hydroxylation sites is 1. The summed E-state index contributed by atoms with van der Waals surface area (Å²) in [6.45, 7) is 0.324. The van der Waals surface area contributed by atoms with Crippen LogP contribution in [-0.4, -0.2) is 44.3 Å². The molecule has 0 bridgehead atoms. The highest BCUT2D eigenvalue weighted by Crippen LogP contribution is 2.40. The smallest absolute Gasteiger partial charge is 0.507 e. The highest BCUT2D eigenvalue weighted by Gasteiger charge is 2.30. The van der Waals surface area contributed by atoms with E-state index in [1.807, 2.05) is 65.6 Å². The highest BCUT2D eigenvalue weighted by molar-refractivity contribution is 5.93. The average Bonchev–Trinajstić information content (AvgIpc) is 3.05. The number of esters is 1. The fourth-order valence-corrected chi connectivity index (χ4v) is 4.81. The summed E-state index contributed by atoms with van der Waals surface area (Å²) in [6.07, 6.45) is 0.0868. The molecule has 1 unspecified atom stereocenters. The molecule has 0 radical (unpaired) electrons. The van der Waals surface area contributed by atoms with Crippen LogP contribution in [0.2, 0.25) is 0 Å². The number of amides is 2. The molecule has 3 aromatic carbocycles. The lowest BCUT2D eigenvalue weighted by Gasteiger charge is -2.36. The lowest BCUT2D eigenvalue weighted by atomic mass is 10.1. The Morgan fingerprint density at radius 2 is 1.73 bits per heavy atom. The normalized spacial score (nSPS) is 13.7. The van der Waals surface area contributed by atoms with Gasteiger partial charge < -0.3 is 29.6 Å². The maximum atomic E-state index is 13.1. The lowest BCUT2D eigenvalue weighted by molar-refractivity contribution is -0.591. The van der Waals surface area contributed by atoms with Gasteiger partial charge in [-0.3, -0.25) is 9.59 Å². The van der Waals surface area contributed by atoms with E-state index in [-0.39, 0.29) is 43.7 Å². The van der Waals surface area contributed by atoms with Gasteiger partial charge in [-0.05, 0) is 42.0 Å². The number of hydrogen-bond acceptors (Lipinski definition) is 8. The monoisotopic (exact) mass is 596 g/mol. The number of nitrogens with zero attached hydrogens (tertiary/aromatic N) is 3. The SMILES string of the molecule is COC(=O)CC1CN(c2ccccc2)c2cc(NC(=O)CCN(C(=O)OCc3ccccc3)c3cccc[n+]3[O-])ccc2O1. The van der Waals surface area contributed by atoms with Crippen LogP contribution in [0, 0.1) is 5.21 Å². The van der Waals surface area contributed by atoms with Crippen LogP contribution in [0.1, 0.15) is 18.4 Å². The van der Waals surface area contributed by atoms with E-state index >= 15 is 0 Å². The highest BCUT2D eigenvalue weighted by atomic mass is 16.6. The van der Waals surface area contributed by atoms with Crippen molar-refractivity contribution in [2.45, 2.75) is 25.6 Å². The van der Waals surface area contributed by atoms with Crippen molar-refractivity contribution in [1.82, 2.24) is 0 Å².